The highest BCUT2D eigenvalue weighted by Gasteiger charge is 2.21. The van der Waals surface area contributed by atoms with Crippen molar-refractivity contribution in [3.63, 3.8) is 0 Å². The summed E-state index contributed by atoms with van der Waals surface area (Å²) in [5.74, 6) is 0.602. The van der Waals surface area contributed by atoms with Crippen molar-refractivity contribution in [3.05, 3.63) is 11.1 Å². The van der Waals surface area contributed by atoms with Crippen LogP contribution in [-0.2, 0) is 4.79 Å². The number of hydrogen-bond acceptors (Lipinski definition) is 4. The molecule has 0 unspecified atom stereocenters. The van der Waals surface area contributed by atoms with Gasteiger partial charge in [-0.05, 0) is 25.3 Å². The summed E-state index contributed by atoms with van der Waals surface area (Å²) in [5, 5.41) is 8.90. The van der Waals surface area contributed by atoms with Crippen LogP contribution in [0.5, 0.6) is 0 Å². The molecule has 0 aromatic carbocycles. The van der Waals surface area contributed by atoms with Gasteiger partial charge in [-0.15, -0.1) is 23.7 Å². The number of nitrogens with one attached hydrogen (secondary N) is 2. The normalized spacial score (nSPS) is 19.4. The minimum atomic E-state index is 0. The fraction of sp³-hybridized carbons (Fsp3) is 0.667. The first kappa shape index (κ1) is 15.4. The molecular formula is C12H20ClN3OS. The van der Waals surface area contributed by atoms with E-state index in [9.17, 15) is 4.79 Å². The zero-order chi connectivity index (χ0) is 12.3. The number of carbonyl (C=O) groups is 1. The quantitative estimate of drug-likeness (QED) is 0.899. The van der Waals surface area contributed by atoms with Crippen LogP contribution in [0, 0.1) is 5.92 Å². The summed E-state index contributed by atoms with van der Waals surface area (Å²) in [6.07, 6.45) is 2.05. The van der Waals surface area contributed by atoms with E-state index in [0.29, 0.717) is 5.92 Å². The topological polar surface area (TPSA) is 54.0 Å². The lowest BCUT2D eigenvalue weighted by molar-refractivity contribution is -0.120. The fourth-order valence-corrected chi connectivity index (χ4v) is 2.77. The number of hydrogen-bond donors (Lipinski definition) is 2. The van der Waals surface area contributed by atoms with E-state index in [1.54, 1.807) is 0 Å². The lowest BCUT2D eigenvalue weighted by Gasteiger charge is -2.21. The second-order valence-corrected chi connectivity index (χ2v) is 5.62. The van der Waals surface area contributed by atoms with Gasteiger partial charge in [-0.25, -0.2) is 4.98 Å². The van der Waals surface area contributed by atoms with Gasteiger partial charge in [0, 0.05) is 11.9 Å². The van der Waals surface area contributed by atoms with Crippen molar-refractivity contribution in [1.29, 1.82) is 0 Å². The molecular weight excluding hydrogens is 270 g/mol. The Bertz CT molecular complexity index is 388. The number of aromatic nitrogens is 1. The lowest BCUT2D eigenvalue weighted by atomic mass is 9.99. The average molecular weight is 290 g/mol. The molecule has 1 aliphatic rings. The van der Waals surface area contributed by atoms with Crippen LogP contribution in [0.2, 0.25) is 0 Å². The molecule has 1 saturated heterocycles. The second kappa shape index (κ2) is 7.07. The minimum Gasteiger partial charge on any atom is -0.316 e. The Morgan fingerprint density at radius 1 is 1.61 bits per heavy atom. The molecule has 102 valence electrons. The van der Waals surface area contributed by atoms with Crippen molar-refractivity contribution in [2.75, 3.05) is 18.4 Å². The van der Waals surface area contributed by atoms with E-state index in [0.717, 1.165) is 36.8 Å². The van der Waals surface area contributed by atoms with Crippen molar-refractivity contribution < 1.29 is 4.79 Å². The minimum absolute atomic E-state index is 0. The van der Waals surface area contributed by atoms with Crippen LogP contribution in [0.25, 0.3) is 0 Å². The Balaban J connectivity index is 0.00000162. The molecule has 0 saturated carbocycles. The van der Waals surface area contributed by atoms with Crippen LogP contribution in [0.15, 0.2) is 5.38 Å². The standard InChI is InChI=1S/C12H19N3OS.ClH/c1-8(2)10-7-17-12(14-10)15-11(16)9-4-3-5-13-6-9;/h7-9,13H,3-6H2,1-2H3,(H,14,15,16);1H/t9-;/m1./s1. The van der Waals surface area contributed by atoms with Gasteiger partial charge >= 0.3 is 0 Å². The van der Waals surface area contributed by atoms with Gasteiger partial charge in [0.25, 0.3) is 0 Å². The highest BCUT2D eigenvalue weighted by atomic mass is 35.5. The van der Waals surface area contributed by atoms with Crippen LogP contribution in [0.4, 0.5) is 5.13 Å². The SMILES string of the molecule is CC(C)c1csc(NC(=O)[C@@H]2CCCNC2)n1.Cl. The van der Waals surface area contributed by atoms with Gasteiger partial charge in [0.05, 0.1) is 11.6 Å². The molecule has 6 heteroatoms. The van der Waals surface area contributed by atoms with Crippen molar-refractivity contribution >= 4 is 34.8 Å². The maximum atomic E-state index is 12.0. The first-order valence-corrected chi connectivity index (χ1v) is 7.02. The van der Waals surface area contributed by atoms with Gasteiger partial charge in [-0.2, -0.15) is 0 Å². The monoisotopic (exact) mass is 289 g/mol. The molecule has 1 fully saturated rings. The van der Waals surface area contributed by atoms with Crippen molar-refractivity contribution in [1.82, 2.24) is 10.3 Å². The maximum Gasteiger partial charge on any atom is 0.230 e. The van der Waals surface area contributed by atoms with Gasteiger partial charge in [-0.3, -0.25) is 4.79 Å². The molecule has 1 atom stereocenters. The number of thiazole rings is 1. The van der Waals surface area contributed by atoms with Crippen LogP contribution < -0.4 is 10.6 Å². The number of piperidine rings is 1. The summed E-state index contributed by atoms with van der Waals surface area (Å²) in [7, 11) is 0. The molecule has 1 aliphatic heterocycles. The molecule has 2 rings (SSSR count). The van der Waals surface area contributed by atoms with Gasteiger partial charge in [0.1, 0.15) is 0 Å². The third kappa shape index (κ3) is 3.93. The number of nitrogens with zero attached hydrogens (tertiary/aromatic N) is 1. The molecule has 1 amide bonds. The van der Waals surface area contributed by atoms with E-state index in [1.807, 2.05) is 5.38 Å². The van der Waals surface area contributed by atoms with Crippen LogP contribution in [-0.4, -0.2) is 24.0 Å². The van der Waals surface area contributed by atoms with Crippen molar-refractivity contribution in [2.45, 2.75) is 32.6 Å². The summed E-state index contributed by atoms with van der Waals surface area (Å²) in [4.78, 5) is 16.4. The third-order valence-electron chi connectivity index (χ3n) is 3.01. The predicted octanol–water partition coefficient (Wildman–Crippen LogP) is 2.63. The summed E-state index contributed by atoms with van der Waals surface area (Å²) in [6.45, 7) is 6.02. The van der Waals surface area contributed by atoms with E-state index in [2.05, 4.69) is 29.5 Å². The molecule has 0 spiro atoms. The maximum absolute atomic E-state index is 12.0. The van der Waals surface area contributed by atoms with Crippen molar-refractivity contribution in [3.8, 4) is 0 Å². The lowest BCUT2D eigenvalue weighted by Crippen LogP contribution is -2.37. The second-order valence-electron chi connectivity index (χ2n) is 4.76. The number of amides is 1. The zero-order valence-corrected chi connectivity index (χ0v) is 12.4. The van der Waals surface area contributed by atoms with E-state index >= 15 is 0 Å². The molecule has 2 N–H and O–H groups in total. The summed E-state index contributed by atoms with van der Waals surface area (Å²) >= 11 is 1.51. The first-order valence-electron chi connectivity index (χ1n) is 6.14. The number of halogens is 1. The fourth-order valence-electron chi connectivity index (χ4n) is 1.89. The third-order valence-corrected chi connectivity index (χ3v) is 3.79. The molecule has 0 radical (unpaired) electrons. The average Bonchev–Trinajstić information content (AvgIpc) is 2.79. The highest BCUT2D eigenvalue weighted by molar-refractivity contribution is 7.13. The summed E-state index contributed by atoms with van der Waals surface area (Å²) < 4.78 is 0. The molecule has 2 heterocycles. The zero-order valence-electron chi connectivity index (χ0n) is 10.7. The smallest absolute Gasteiger partial charge is 0.230 e. The number of carbonyl (C=O) groups excluding carboxylic acids is 1. The summed E-state index contributed by atoms with van der Waals surface area (Å²) in [5.41, 5.74) is 1.05. The van der Waals surface area contributed by atoms with Crippen LogP contribution in [0.1, 0.15) is 38.3 Å². The molecule has 0 aliphatic carbocycles. The Morgan fingerprint density at radius 3 is 2.94 bits per heavy atom. The van der Waals surface area contributed by atoms with E-state index in [1.165, 1.54) is 11.3 Å². The van der Waals surface area contributed by atoms with Gasteiger partial charge < -0.3 is 10.6 Å². The Hall–Kier alpha value is -0.650. The first-order chi connectivity index (χ1) is 8.16. The number of anilines is 1. The van der Waals surface area contributed by atoms with Crippen molar-refractivity contribution in [2.24, 2.45) is 5.92 Å². The highest BCUT2D eigenvalue weighted by Crippen LogP contribution is 2.22. The number of rotatable bonds is 3. The Labute approximate surface area is 118 Å². The Morgan fingerprint density at radius 2 is 2.39 bits per heavy atom. The van der Waals surface area contributed by atoms with Crippen LogP contribution >= 0.6 is 23.7 Å². The molecule has 0 bridgehead atoms. The predicted molar refractivity (Wildman–Crippen MR) is 77.7 cm³/mol. The molecule has 4 nitrogen and oxygen atoms in total. The molecule has 1 aromatic heterocycles. The largest absolute Gasteiger partial charge is 0.316 e. The van der Waals surface area contributed by atoms with Gasteiger partial charge in [0.2, 0.25) is 5.91 Å². The molecule has 1 aromatic rings. The van der Waals surface area contributed by atoms with E-state index in [4.69, 9.17) is 0 Å². The summed E-state index contributed by atoms with van der Waals surface area (Å²) in [6, 6.07) is 0. The van der Waals surface area contributed by atoms with Gasteiger partial charge in [-0.1, -0.05) is 13.8 Å². The van der Waals surface area contributed by atoms with Gasteiger partial charge in [0.15, 0.2) is 5.13 Å². The van der Waals surface area contributed by atoms with E-state index < -0.39 is 0 Å². The van der Waals surface area contributed by atoms with Crippen LogP contribution in [0.3, 0.4) is 0 Å². The molecule has 18 heavy (non-hydrogen) atoms. The van der Waals surface area contributed by atoms with E-state index in [-0.39, 0.29) is 24.2 Å². The Kier molecular flexibility index (Phi) is 6.05.